The highest BCUT2D eigenvalue weighted by atomic mass is 16.5. The van der Waals surface area contributed by atoms with Gasteiger partial charge in [-0.2, -0.15) is 0 Å². The molecule has 0 amide bonds. The number of benzene rings is 2. The zero-order chi connectivity index (χ0) is 16.3. The third-order valence-electron chi connectivity index (χ3n) is 6.22. The lowest BCUT2D eigenvalue weighted by atomic mass is 9.78. The van der Waals surface area contributed by atoms with Crippen LogP contribution in [0.2, 0.25) is 0 Å². The molecule has 3 nitrogen and oxygen atoms in total. The average Bonchev–Trinajstić information content (AvgIpc) is 3.01. The molecule has 2 bridgehead atoms. The van der Waals surface area contributed by atoms with Crippen LogP contribution < -0.4 is 9.47 Å². The van der Waals surface area contributed by atoms with E-state index in [2.05, 4.69) is 41.3 Å². The van der Waals surface area contributed by atoms with Crippen molar-refractivity contribution in [3.05, 3.63) is 58.7 Å². The fraction of sp³-hybridized carbons (Fsp3) is 0.429. The second kappa shape index (κ2) is 5.25. The fourth-order valence-electron chi connectivity index (χ4n) is 5.18. The maximum atomic E-state index is 5.53. The molecule has 2 aromatic carbocycles. The van der Waals surface area contributed by atoms with E-state index in [1.54, 1.807) is 14.2 Å². The monoisotopic (exact) mass is 321 g/mol. The van der Waals surface area contributed by atoms with E-state index in [-0.39, 0.29) is 0 Å². The Labute approximate surface area is 143 Å². The second-order valence-corrected chi connectivity index (χ2v) is 7.20. The topological polar surface area (TPSA) is 21.7 Å². The summed E-state index contributed by atoms with van der Waals surface area (Å²) in [7, 11) is 3.52. The highest BCUT2D eigenvalue weighted by Crippen LogP contribution is 2.53. The number of rotatable bonds is 2. The molecule has 2 aromatic rings. The molecule has 0 spiro atoms. The van der Waals surface area contributed by atoms with Crippen LogP contribution >= 0.6 is 0 Å². The summed E-state index contributed by atoms with van der Waals surface area (Å²) in [5, 5.41) is 0. The van der Waals surface area contributed by atoms with Crippen LogP contribution in [0, 0.1) is 0 Å². The average molecular weight is 321 g/mol. The first-order chi connectivity index (χ1) is 11.8. The van der Waals surface area contributed by atoms with Crippen molar-refractivity contribution in [1.82, 2.24) is 4.90 Å². The predicted molar refractivity (Wildman–Crippen MR) is 94.0 cm³/mol. The fourth-order valence-corrected chi connectivity index (χ4v) is 5.18. The molecule has 0 radical (unpaired) electrons. The van der Waals surface area contributed by atoms with Crippen LogP contribution in [-0.2, 0) is 6.42 Å². The minimum atomic E-state index is 0.432. The summed E-state index contributed by atoms with van der Waals surface area (Å²) in [6.45, 7) is 1.22. The summed E-state index contributed by atoms with van der Waals surface area (Å²) in [6.07, 6.45) is 3.70. The van der Waals surface area contributed by atoms with Gasteiger partial charge in [0, 0.05) is 18.0 Å². The first-order valence-electron chi connectivity index (χ1n) is 8.90. The zero-order valence-electron chi connectivity index (χ0n) is 14.3. The highest BCUT2D eigenvalue weighted by molar-refractivity contribution is 5.54. The maximum Gasteiger partial charge on any atom is 0.119 e. The van der Waals surface area contributed by atoms with Crippen molar-refractivity contribution >= 4 is 0 Å². The Morgan fingerprint density at radius 3 is 2.46 bits per heavy atom. The number of hydrogen-bond acceptors (Lipinski definition) is 3. The summed E-state index contributed by atoms with van der Waals surface area (Å²) >= 11 is 0. The SMILES string of the molecule is COc1ccc2c(c1)[C@H]1c3cc(OC)ccc3[C@H](C2)N2CCC[C@@H]12. The minimum Gasteiger partial charge on any atom is -0.497 e. The van der Waals surface area contributed by atoms with E-state index in [0.717, 1.165) is 17.9 Å². The quantitative estimate of drug-likeness (QED) is 0.837. The molecule has 4 aliphatic rings. The van der Waals surface area contributed by atoms with Crippen LogP contribution in [0.15, 0.2) is 36.4 Å². The molecule has 124 valence electrons. The van der Waals surface area contributed by atoms with Gasteiger partial charge in [0.1, 0.15) is 11.5 Å². The molecule has 0 N–H and O–H groups in total. The molecule has 3 heteroatoms. The van der Waals surface area contributed by atoms with Crippen molar-refractivity contribution in [2.45, 2.75) is 37.3 Å². The Kier molecular flexibility index (Phi) is 3.14. The van der Waals surface area contributed by atoms with Crippen LogP contribution in [0.3, 0.4) is 0 Å². The van der Waals surface area contributed by atoms with Gasteiger partial charge in [-0.3, -0.25) is 4.90 Å². The third-order valence-corrected chi connectivity index (χ3v) is 6.22. The Hall–Kier alpha value is -2.00. The first-order valence-corrected chi connectivity index (χ1v) is 8.90. The molecule has 3 heterocycles. The molecule has 1 saturated heterocycles. The zero-order valence-corrected chi connectivity index (χ0v) is 14.3. The molecule has 0 saturated carbocycles. The molecule has 3 aliphatic heterocycles. The van der Waals surface area contributed by atoms with Crippen LogP contribution in [0.4, 0.5) is 0 Å². The number of ether oxygens (including phenoxy) is 2. The van der Waals surface area contributed by atoms with Crippen molar-refractivity contribution in [2.75, 3.05) is 20.8 Å². The minimum absolute atomic E-state index is 0.432. The van der Waals surface area contributed by atoms with Crippen LogP contribution in [0.5, 0.6) is 11.5 Å². The molecular weight excluding hydrogens is 298 g/mol. The summed E-state index contributed by atoms with van der Waals surface area (Å²) in [5.41, 5.74) is 5.90. The summed E-state index contributed by atoms with van der Waals surface area (Å²) in [6, 6.07) is 14.5. The van der Waals surface area contributed by atoms with E-state index in [1.807, 2.05) is 0 Å². The van der Waals surface area contributed by atoms with Crippen molar-refractivity contribution in [2.24, 2.45) is 0 Å². The second-order valence-electron chi connectivity index (χ2n) is 7.20. The lowest BCUT2D eigenvalue weighted by Gasteiger charge is -2.41. The number of hydrogen-bond donors (Lipinski definition) is 0. The van der Waals surface area contributed by atoms with Crippen molar-refractivity contribution in [1.29, 1.82) is 0 Å². The van der Waals surface area contributed by atoms with Gasteiger partial charge in [0.15, 0.2) is 0 Å². The largest absolute Gasteiger partial charge is 0.497 e. The molecule has 6 rings (SSSR count). The van der Waals surface area contributed by atoms with Crippen LogP contribution in [0.1, 0.15) is 47.1 Å². The first kappa shape index (κ1) is 14.4. The Morgan fingerprint density at radius 1 is 0.917 bits per heavy atom. The van der Waals surface area contributed by atoms with Gasteiger partial charge in [0.05, 0.1) is 14.2 Å². The van der Waals surface area contributed by atoms with Crippen molar-refractivity contribution in [3.63, 3.8) is 0 Å². The smallest absolute Gasteiger partial charge is 0.119 e. The van der Waals surface area contributed by atoms with Crippen LogP contribution in [0.25, 0.3) is 0 Å². The number of methoxy groups -OCH3 is 2. The Bertz CT molecular complexity index is 800. The molecule has 1 fully saturated rings. The summed E-state index contributed by atoms with van der Waals surface area (Å²) in [4.78, 5) is 2.76. The van der Waals surface area contributed by atoms with Crippen molar-refractivity contribution in [3.8, 4) is 11.5 Å². The van der Waals surface area contributed by atoms with E-state index in [1.165, 1.54) is 41.6 Å². The van der Waals surface area contributed by atoms with Gasteiger partial charge in [-0.15, -0.1) is 0 Å². The lowest BCUT2D eigenvalue weighted by Crippen LogP contribution is -2.41. The third kappa shape index (κ3) is 1.88. The van der Waals surface area contributed by atoms with Gasteiger partial charge in [-0.05, 0) is 72.3 Å². The van der Waals surface area contributed by atoms with Gasteiger partial charge < -0.3 is 9.47 Å². The summed E-state index contributed by atoms with van der Waals surface area (Å²) < 4.78 is 11.1. The van der Waals surface area contributed by atoms with Gasteiger partial charge in [-0.25, -0.2) is 0 Å². The standard InChI is InChI=1S/C21H23NO2/c1-23-14-6-5-13-10-20-16-8-7-15(24-2)12-18(16)21(17(13)11-14)19-4-3-9-22(19)20/h5-8,11-12,19-21H,3-4,9-10H2,1-2H3/t19-,20-,21-/m0/s1. The highest BCUT2D eigenvalue weighted by Gasteiger charge is 2.47. The maximum absolute atomic E-state index is 5.53. The van der Waals surface area contributed by atoms with Crippen LogP contribution in [-0.4, -0.2) is 31.7 Å². The van der Waals surface area contributed by atoms with Crippen molar-refractivity contribution < 1.29 is 9.47 Å². The lowest BCUT2D eigenvalue weighted by molar-refractivity contribution is 0.157. The van der Waals surface area contributed by atoms with Gasteiger partial charge >= 0.3 is 0 Å². The Balaban J connectivity index is 1.77. The van der Waals surface area contributed by atoms with Gasteiger partial charge in [0.2, 0.25) is 0 Å². The Morgan fingerprint density at radius 2 is 1.67 bits per heavy atom. The molecule has 3 atom stereocenters. The van der Waals surface area contributed by atoms with E-state index in [9.17, 15) is 0 Å². The van der Waals surface area contributed by atoms with E-state index in [4.69, 9.17) is 9.47 Å². The van der Waals surface area contributed by atoms with Gasteiger partial charge in [-0.1, -0.05) is 12.1 Å². The van der Waals surface area contributed by atoms with E-state index >= 15 is 0 Å². The normalized spacial score (nSPS) is 27.2. The summed E-state index contributed by atoms with van der Waals surface area (Å²) in [5.74, 6) is 2.37. The molecule has 1 aliphatic carbocycles. The molecule has 0 unspecified atom stereocenters. The van der Waals surface area contributed by atoms with E-state index < -0.39 is 0 Å². The molecule has 0 aromatic heterocycles. The van der Waals surface area contributed by atoms with Gasteiger partial charge in [0.25, 0.3) is 0 Å². The molecular formula is C21H23NO2. The van der Waals surface area contributed by atoms with E-state index in [0.29, 0.717) is 18.0 Å². The predicted octanol–water partition coefficient (Wildman–Crippen LogP) is 3.91. The molecule has 24 heavy (non-hydrogen) atoms. The number of nitrogens with zero attached hydrogens (tertiary/aromatic N) is 1.